The van der Waals surface area contributed by atoms with E-state index in [1.807, 2.05) is 31.2 Å². The highest BCUT2D eigenvalue weighted by molar-refractivity contribution is 6.35. The normalized spacial score (nSPS) is 12.3. The van der Waals surface area contributed by atoms with Crippen molar-refractivity contribution >= 4 is 29.1 Å². The van der Waals surface area contributed by atoms with E-state index in [9.17, 15) is 14.4 Å². The third kappa shape index (κ3) is 4.64. The molecule has 0 bridgehead atoms. The second kappa shape index (κ2) is 9.94. The van der Waals surface area contributed by atoms with Gasteiger partial charge < -0.3 is 14.8 Å². The number of pyridine rings is 1. The van der Waals surface area contributed by atoms with Gasteiger partial charge in [0.05, 0.1) is 23.9 Å². The van der Waals surface area contributed by atoms with Gasteiger partial charge >= 0.3 is 0 Å². The molecule has 1 aromatic heterocycles. The van der Waals surface area contributed by atoms with E-state index in [2.05, 4.69) is 10.3 Å². The highest BCUT2D eigenvalue weighted by atomic mass is 16.5. The molecule has 0 aliphatic carbocycles. The van der Waals surface area contributed by atoms with E-state index in [-0.39, 0.29) is 23.3 Å². The number of nitrogens with zero attached hydrogens (tertiary/aromatic N) is 2. The van der Waals surface area contributed by atoms with Crippen molar-refractivity contribution < 1.29 is 23.9 Å². The lowest BCUT2D eigenvalue weighted by Crippen LogP contribution is -2.29. The predicted octanol–water partition coefficient (Wildman–Crippen LogP) is 5.03. The van der Waals surface area contributed by atoms with Gasteiger partial charge in [-0.25, -0.2) is 4.90 Å². The van der Waals surface area contributed by atoms with E-state index in [0.29, 0.717) is 22.9 Å². The third-order valence-electron chi connectivity index (χ3n) is 6.04. The summed E-state index contributed by atoms with van der Waals surface area (Å²) < 4.78 is 11.3. The molecule has 1 aliphatic heterocycles. The van der Waals surface area contributed by atoms with E-state index >= 15 is 0 Å². The number of fused-ring (bicyclic) bond motifs is 1. The van der Waals surface area contributed by atoms with Crippen LogP contribution in [0.4, 0.5) is 11.4 Å². The smallest absolute Gasteiger partial charge is 0.266 e. The number of anilines is 2. The second-order valence-electron chi connectivity index (χ2n) is 8.46. The van der Waals surface area contributed by atoms with Gasteiger partial charge in [0, 0.05) is 35.3 Å². The number of aromatic nitrogens is 1. The average Bonchev–Trinajstić information content (AvgIpc) is 3.17. The first-order valence-corrected chi connectivity index (χ1v) is 11.6. The van der Waals surface area contributed by atoms with Crippen LogP contribution in [0.15, 0.2) is 85.2 Å². The maximum atomic E-state index is 13.1. The number of imide groups is 1. The summed E-state index contributed by atoms with van der Waals surface area (Å²) >= 11 is 0. The molecule has 0 radical (unpaired) electrons. The standard InChI is InChI=1S/C29H23N3O5/c1-18-6-3-4-8-24(18)32-28(34)22-11-9-20(14-23(22)29(32)35)27(33)31-21-10-12-25(36-2)26(15-21)37-17-19-7-5-13-30-16-19/h3-16H,17H2,1-2H3,(H,31,33). The Balaban J connectivity index is 1.35. The Morgan fingerprint density at radius 3 is 2.49 bits per heavy atom. The van der Waals surface area contributed by atoms with Crippen molar-refractivity contribution in [2.45, 2.75) is 13.5 Å². The average molecular weight is 494 g/mol. The number of hydrogen-bond acceptors (Lipinski definition) is 6. The molecule has 37 heavy (non-hydrogen) atoms. The molecular formula is C29H23N3O5. The maximum Gasteiger partial charge on any atom is 0.266 e. The predicted molar refractivity (Wildman–Crippen MR) is 138 cm³/mol. The minimum Gasteiger partial charge on any atom is -0.493 e. The molecule has 0 atom stereocenters. The number of carbonyl (C=O) groups excluding carboxylic acids is 3. The quantitative estimate of drug-likeness (QED) is 0.363. The Morgan fingerprint density at radius 1 is 0.919 bits per heavy atom. The van der Waals surface area contributed by atoms with Crippen LogP contribution in [0, 0.1) is 6.92 Å². The van der Waals surface area contributed by atoms with Crippen molar-refractivity contribution in [1.82, 2.24) is 4.98 Å². The van der Waals surface area contributed by atoms with Crippen LogP contribution in [-0.2, 0) is 6.61 Å². The molecule has 8 nitrogen and oxygen atoms in total. The Bertz CT molecular complexity index is 1520. The van der Waals surface area contributed by atoms with Crippen LogP contribution in [-0.4, -0.2) is 29.8 Å². The van der Waals surface area contributed by atoms with Crippen LogP contribution < -0.4 is 19.7 Å². The summed E-state index contributed by atoms with van der Waals surface area (Å²) in [7, 11) is 1.54. The topological polar surface area (TPSA) is 97.8 Å². The molecule has 4 aromatic rings. The van der Waals surface area contributed by atoms with Crippen LogP contribution in [0.2, 0.25) is 0 Å². The van der Waals surface area contributed by atoms with Gasteiger partial charge in [0.2, 0.25) is 0 Å². The lowest BCUT2D eigenvalue weighted by atomic mass is 10.1. The molecule has 0 saturated heterocycles. The van der Waals surface area contributed by atoms with E-state index in [4.69, 9.17) is 9.47 Å². The van der Waals surface area contributed by atoms with Gasteiger partial charge in [0.25, 0.3) is 17.7 Å². The highest BCUT2D eigenvalue weighted by Gasteiger charge is 2.37. The molecule has 0 spiro atoms. The molecule has 5 rings (SSSR count). The molecule has 0 unspecified atom stereocenters. The van der Waals surface area contributed by atoms with Gasteiger partial charge in [-0.05, 0) is 55.0 Å². The Morgan fingerprint density at radius 2 is 1.73 bits per heavy atom. The van der Waals surface area contributed by atoms with Crippen molar-refractivity contribution in [2.24, 2.45) is 0 Å². The fourth-order valence-corrected chi connectivity index (χ4v) is 4.13. The molecule has 0 fully saturated rings. The van der Waals surface area contributed by atoms with Crippen molar-refractivity contribution in [3.05, 3.63) is 113 Å². The van der Waals surface area contributed by atoms with Gasteiger partial charge in [0.15, 0.2) is 11.5 Å². The van der Waals surface area contributed by atoms with Gasteiger partial charge in [-0.3, -0.25) is 19.4 Å². The van der Waals surface area contributed by atoms with E-state index in [0.717, 1.165) is 16.0 Å². The first-order chi connectivity index (χ1) is 18.0. The summed E-state index contributed by atoms with van der Waals surface area (Å²) in [6, 6.07) is 20.4. The number of carbonyl (C=O) groups is 3. The number of para-hydroxylation sites is 1. The Hall–Kier alpha value is -4.98. The van der Waals surface area contributed by atoms with Crippen LogP contribution in [0.3, 0.4) is 0 Å². The van der Waals surface area contributed by atoms with E-state index in [1.54, 1.807) is 42.7 Å². The zero-order valence-corrected chi connectivity index (χ0v) is 20.2. The lowest BCUT2D eigenvalue weighted by Gasteiger charge is -2.16. The summed E-state index contributed by atoms with van der Waals surface area (Å²) in [6.07, 6.45) is 3.39. The number of nitrogens with one attached hydrogen (secondary N) is 1. The van der Waals surface area contributed by atoms with Crippen LogP contribution in [0.5, 0.6) is 11.5 Å². The largest absolute Gasteiger partial charge is 0.493 e. The Kier molecular flexibility index (Phi) is 6.38. The number of hydrogen-bond donors (Lipinski definition) is 1. The van der Waals surface area contributed by atoms with Gasteiger partial charge in [-0.15, -0.1) is 0 Å². The molecule has 1 N–H and O–H groups in total. The number of rotatable bonds is 7. The van der Waals surface area contributed by atoms with E-state index < -0.39 is 17.7 Å². The summed E-state index contributed by atoms with van der Waals surface area (Å²) in [4.78, 5) is 44.4. The monoisotopic (exact) mass is 493 g/mol. The Labute approximate surface area is 213 Å². The summed E-state index contributed by atoms with van der Waals surface area (Å²) in [5, 5.41) is 2.82. The first kappa shape index (κ1) is 23.7. The third-order valence-corrected chi connectivity index (χ3v) is 6.04. The number of aryl methyl sites for hydroxylation is 1. The molecule has 1 aliphatic rings. The van der Waals surface area contributed by atoms with E-state index in [1.165, 1.54) is 25.3 Å². The SMILES string of the molecule is COc1ccc(NC(=O)c2ccc3c(c2)C(=O)N(c2ccccc2C)C3=O)cc1OCc1cccnc1. The molecule has 3 aromatic carbocycles. The van der Waals surface area contributed by atoms with Crippen LogP contribution in [0.1, 0.15) is 42.2 Å². The molecule has 8 heteroatoms. The maximum absolute atomic E-state index is 13.1. The van der Waals surface area contributed by atoms with Crippen molar-refractivity contribution in [3.8, 4) is 11.5 Å². The molecule has 0 saturated carbocycles. The number of amides is 3. The number of methoxy groups -OCH3 is 1. The summed E-state index contributed by atoms with van der Waals surface area (Å²) in [5.41, 5.74) is 3.40. The number of benzene rings is 3. The van der Waals surface area contributed by atoms with Crippen molar-refractivity contribution in [1.29, 1.82) is 0 Å². The summed E-state index contributed by atoms with van der Waals surface area (Å²) in [5.74, 6) is -0.334. The fourth-order valence-electron chi connectivity index (χ4n) is 4.13. The molecular weight excluding hydrogens is 470 g/mol. The molecule has 184 valence electrons. The zero-order valence-electron chi connectivity index (χ0n) is 20.2. The van der Waals surface area contributed by atoms with Crippen LogP contribution in [0.25, 0.3) is 0 Å². The lowest BCUT2D eigenvalue weighted by molar-refractivity contribution is 0.0925. The summed E-state index contributed by atoms with van der Waals surface area (Å²) in [6.45, 7) is 2.11. The number of ether oxygens (including phenoxy) is 2. The van der Waals surface area contributed by atoms with Crippen LogP contribution >= 0.6 is 0 Å². The minimum absolute atomic E-state index is 0.191. The van der Waals surface area contributed by atoms with Gasteiger partial charge in [0.1, 0.15) is 6.61 Å². The van der Waals surface area contributed by atoms with Gasteiger partial charge in [-0.1, -0.05) is 24.3 Å². The second-order valence-corrected chi connectivity index (χ2v) is 8.46. The zero-order chi connectivity index (χ0) is 25.9. The van der Waals surface area contributed by atoms with Gasteiger partial charge in [-0.2, -0.15) is 0 Å². The molecule has 3 amide bonds. The highest BCUT2D eigenvalue weighted by Crippen LogP contribution is 2.33. The minimum atomic E-state index is -0.459. The molecule has 2 heterocycles. The van der Waals surface area contributed by atoms with Crippen molar-refractivity contribution in [2.75, 3.05) is 17.3 Å². The fraction of sp³-hybridized carbons (Fsp3) is 0.103. The first-order valence-electron chi connectivity index (χ1n) is 11.6. The van der Waals surface area contributed by atoms with Crippen molar-refractivity contribution in [3.63, 3.8) is 0 Å².